The second kappa shape index (κ2) is 6.56. The third-order valence-electron chi connectivity index (χ3n) is 4.57. The van der Waals surface area contributed by atoms with E-state index in [1.807, 2.05) is 12.1 Å². The van der Waals surface area contributed by atoms with E-state index in [9.17, 15) is 9.90 Å². The molecule has 25 heavy (non-hydrogen) atoms. The van der Waals surface area contributed by atoms with Gasteiger partial charge in [0.25, 0.3) is 0 Å². The number of nitrogens with one attached hydrogen (secondary N) is 2. The zero-order valence-corrected chi connectivity index (χ0v) is 13.7. The van der Waals surface area contributed by atoms with Crippen LogP contribution in [-0.2, 0) is 6.54 Å². The molecule has 0 bridgehead atoms. The van der Waals surface area contributed by atoms with E-state index in [4.69, 9.17) is 0 Å². The summed E-state index contributed by atoms with van der Waals surface area (Å²) in [5.41, 5.74) is 1.44. The first-order valence-electron chi connectivity index (χ1n) is 8.39. The van der Waals surface area contributed by atoms with Gasteiger partial charge in [-0.05, 0) is 30.5 Å². The summed E-state index contributed by atoms with van der Waals surface area (Å²) < 4.78 is 1.48. The normalized spacial score (nSPS) is 17.9. The van der Waals surface area contributed by atoms with Gasteiger partial charge < -0.3 is 15.3 Å². The fourth-order valence-electron chi connectivity index (χ4n) is 3.26. The number of nitrogens with zero attached hydrogens (tertiary/aromatic N) is 4. The molecule has 0 radical (unpaired) electrons. The Morgan fingerprint density at radius 3 is 3.00 bits per heavy atom. The molecule has 1 fully saturated rings. The Bertz CT molecular complexity index is 917. The van der Waals surface area contributed by atoms with E-state index >= 15 is 0 Å². The summed E-state index contributed by atoms with van der Waals surface area (Å²) in [6, 6.07) is 7.56. The van der Waals surface area contributed by atoms with Gasteiger partial charge in [-0.2, -0.15) is 0 Å². The van der Waals surface area contributed by atoms with E-state index in [0.717, 1.165) is 43.9 Å². The fraction of sp³-hybridized carbons (Fsp3) is 0.353. The van der Waals surface area contributed by atoms with Gasteiger partial charge in [0.15, 0.2) is 5.82 Å². The predicted octanol–water partition coefficient (Wildman–Crippen LogP) is 0.882. The summed E-state index contributed by atoms with van der Waals surface area (Å²) in [5.74, 6) is 1.01. The Kier molecular flexibility index (Phi) is 4.10. The molecule has 0 unspecified atom stereocenters. The number of rotatable bonds is 4. The van der Waals surface area contributed by atoms with E-state index in [1.165, 1.54) is 4.40 Å². The molecule has 1 aromatic carbocycles. The maximum absolute atomic E-state index is 11.7. The lowest BCUT2D eigenvalue weighted by Gasteiger charge is -2.34. The van der Waals surface area contributed by atoms with Crippen LogP contribution in [0.1, 0.15) is 18.4 Å². The average Bonchev–Trinajstić information content (AvgIpc) is 3.03. The Morgan fingerprint density at radius 1 is 1.32 bits per heavy atom. The van der Waals surface area contributed by atoms with E-state index in [2.05, 4.69) is 25.4 Å². The maximum atomic E-state index is 11.7. The van der Waals surface area contributed by atoms with Crippen molar-refractivity contribution in [1.82, 2.24) is 24.9 Å². The highest BCUT2D eigenvalue weighted by Crippen LogP contribution is 2.21. The number of phenols is 1. The molecule has 1 aliphatic rings. The molecule has 8 nitrogen and oxygen atoms in total. The molecule has 0 aliphatic carbocycles. The van der Waals surface area contributed by atoms with Crippen LogP contribution in [-0.4, -0.2) is 43.8 Å². The lowest BCUT2D eigenvalue weighted by molar-refractivity contribution is 0.420. The molecule has 8 heteroatoms. The highest BCUT2D eigenvalue weighted by molar-refractivity contribution is 5.63. The summed E-state index contributed by atoms with van der Waals surface area (Å²) in [5, 5.41) is 19.5. The molecule has 3 aromatic rings. The quantitative estimate of drug-likeness (QED) is 0.652. The maximum Gasteiger partial charge on any atom is 0.347 e. The molecular formula is C17H20N6O2. The molecule has 0 amide bonds. The molecule has 3 heterocycles. The summed E-state index contributed by atoms with van der Waals surface area (Å²) in [4.78, 5) is 18.3. The van der Waals surface area contributed by atoms with Crippen molar-refractivity contribution in [3.63, 3.8) is 0 Å². The number of aromatic hydroxyl groups is 1. The van der Waals surface area contributed by atoms with Crippen molar-refractivity contribution >= 4 is 11.5 Å². The van der Waals surface area contributed by atoms with Gasteiger partial charge in [-0.1, -0.05) is 12.1 Å². The summed E-state index contributed by atoms with van der Waals surface area (Å²) in [6.07, 6.45) is 5.39. The first-order chi connectivity index (χ1) is 12.2. The Hall–Kier alpha value is -2.87. The number of phenolic OH excluding ortho intramolecular Hbond substituents is 1. The monoisotopic (exact) mass is 340 g/mol. The SMILES string of the molecule is O=c1[nH]nc2c(N3CCC[C@@H](NCc4ccc(O)cc4)C3)nccn12. The highest BCUT2D eigenvalue weighted by atomic mass is 16.3. The second-order valence-corrected chi connectivity index (χ2v) is 6.31. The van der Waals surface area contributed by atoms with E-state index < -0.39 is 0 Å². The van der Waals surface area contributed by atoms with Gasteiger partial charge in [-0.25, -0.2) is 19.3 Å². The van der Waals surface area contributed by atoms with E-state index in [-0.39, 0.29) is 11.4 Å². The minimum Gasteiger partial charge on any atom is -0.508 e. The van der Waals surface area contributed by atoms with Crippen LogP contribution in [0.15, 0.2) is 41.5 Å². The van der Waals surface area contributed by atoms with Crippen molar-refractivity contribution < 1.29 is 5.11 Å². The average molecular weight is 340 g/mol. The molecular weight excluding hydrogens is 320 g/mol. The number of fused-ring (bicyclic) bond motifs is 1. The van der Waals surface area contributed by atoms with Gasteiger partial charge in [0.1, 0.15) is 5.75 Å². The number of hydrogen-bond acceptors (Lipinski definition) is 6. The summed E-state index contributed by atoms with van der Waals surface area (Å²) >= 11 is 0. The van der Waals surface area contributed by atoms with Crippen molar-refractivity contribution in [3.05, 3.63) is 52.7 Å². The van der Waals surface area contributed by atoms with Gasteiger partial charge in [0.2, 0.25) is 5.65 Å². The van der Waals surface area contributed by atoms with Crippen LogP contribution < -0.4 is 15.9 Å². The van der Waals surface area contributed by atoms with Gasteiger partial charge >= 0.3 is 5.69 Å². The molecule has 0 spiro atoms. The number of piperidine rings is 1. The van der Waals surface area contributed by atoms with Crippen LogP contribution in [0.2, 0.25) is 0 Å². The molecule has 130 valence electrons. The first-order valence-corrected chi connectivity index (χ1v) is 8.39. The van der Waals surface area contributed by atoms with Crippen molar-refractivity contribution in [2.75, 3.05) is 18.0 Å². The molecule has 3 N–H and O–H groups in total. The molecule has 0 saturated carbocycles. The zero-order chi connectivity index (χ0) is 17.2. The molecule has 1 saturated heterocycles. The van der Waals surface area contributed by atoms with Crippen LogP contribution in [0.4, 0.5) is 5.82 Å². The number of aromatic amines is 1. The third-order valence-corrected chi connectivity index (χ3v) is 4.57. The lowest BCUT2D eigenvalue weighted by Crippen LogP contribution is -2.46. The van der Waals surface area contributed by atoms with Crippen LogP contribution in [0, 0.1) is 0 Å². The number of hydrogen-bond donors (Lipinski definition) is 3. The minimum atomic E-state index is -0.252. The van der Waals surface area contributed by atoms with Crippen LogP contribution in [0.3, 0.4) is 0 Å². The number of anilines is 1. The molecule has 1 aliphatic heterocycles. The Morgan fingerprint density at radius 2 is 2.16 bits per heavy atom. The van der Waals surface area contributed by atoms with Crippen LogP contribution >= 0.6 is 0 Å². The van der Waals surface area contributed by atoms with Crippen molar-refractivity contribution in [2.45, 2.75) is 25.4 Å². The van der Waals surface area contributed by atoms with Crippen LogP contribution in [0.25, 0.3) is 5.65 Å². The van der Waals surface area contributed by atoms with Crippen LogP contribution in [0.5, 0.6) is 5.75 Å². The minimum absolute atomic E-state index is 0.252. The number of aromatic nitrogens is 4. The lowest BCUT2D eigenvalue weighted by atomic mass is 10.1. The van der Waals surface area contributed by atoms with E-state index in [0.29, 0.717) is 11.7 Å². The zero-order valence-electron chi connectivity index (χ0n) is 13.7. The van der Waals surface area contributed by atoms with Crippen molar-refractivity contribution in [1.29, 1.82) is 0 Å². The molecule has 2 aromatic heterocycles. The van der Waals surface area contributed by atoms with Crippen molar-refractivity contribution in [3.8, 4) is 5.75 Å². The predicted molar refractivity (Wildman–Crippen MR) is 93.8 cm³/mol. The smallest absolute Gasteiger partial charge is 0.347 e. The second-order valence-electron chi connectivity index (χ2n) is 6.31. The van der Waals surface area contributed by atoms with Gasteiger partial charge in [0, 0.05) is 38.1 Å². The van der Waals surface area contributed by atoms with Gasteiger partial charge in [0.05, 0.1) is 0 Å². The topological polar surface area (TPSA) is 98.5 Å². The number of H-pyrrole nitrogens is 1. The standard InChI is InChI=1S/C17H20N6O2/c24-14-5-3-12(4-6-14)10-19-13-2-1-8-22(11-13)15-16-20-21-17(25)23(16)9-7-18-15/h3-7,9,13,19,24H,1-2,8,10-11H2,(H,21,25)/t13-/m1/s1. The highest BCUT2D eigenvalue weighted by Gasteiger charge is 2.23. The van der Waals surface area contributed by atoms with Gasteiger partial charge in [-0.3, -0.25) is 0 Å². The van der Waals surface area contributed by atoms with Gasteiger partial charge in [-0.15, -0.1) is 5.10 Å². The first kappa shape index (κ1) is 15.6. The molecule has 4 rings (SSSR count). The summed E-state index contributed by atoms with van der Waals surface area (Å²) in [7, 11) is 0. The molecule has 1 atom stereocenters. The van der Waals surface area contributed by atoms with E-state index in [1.54, 1.807) is 24.5 Å². The largest absolute Gasteiger partial charge is 0.508 e. The third kappa shape index (κ3) is 3.20. The summed E-state index contributed by atoms with van der Waals surface area (Å²) in [6.45, 7) is 2.45. The Balaban J connectivity index is 1.47. The number of benzene rings is 1. The Labute approximate surface area is 144 Å². The van der Waals surface area contributed by atoms with Crippen molar-refractivity contribution in [2.24, 2.45) is 0 Å². The fourth-order valence-corrected chi connectivity index (χ4v) is 3.26.